The van der Waals surface area contributed by atoms with Crippen LogP contribution in [0.2, 0.25) is 0 Å². The van der Waals surface area contributed by atoms with Gasteiger partial charge in [-0.25, -0.2) is 0 Å². The number of anilines is 1. The van der Waals surface area contributed by atoms with Gasteiger partial charge in [-0.2, -0.15) is 0 Å². The number of carbonyl (C=O) groups excluding carboxylic acids is 1. The molecule has 74 valence electrons. The second-order valence-corrected chi connectivity index (χ2v) is 3.52. The van der Waals surface area contributed by atoms with Crippen molar-refractivity contribution in [2.75, 3.05) is 15.9 Å². The number of halogens is 1. The molecule has 2 nitrogen and oxygen atoms in total. The predicted molar refractivity (Wildman–Crippen MR) is 67.9 cm³/mol. The van der Waals surface area contributed by atoms with Crippen LogP contribution >= 0.6 is 22.6 Å². The number of para-hydroxylation sites is 1. The highest BCUT2D eigenvalue weighted by molar-refractivity contribution is 14.1. The topological polar surface area (TPSA) is 20.3 Å². The molecule has 1 amide bonds. The summed E-state index contributed by atoms with van der Waals surface area (Å²) >= 11 is 2.07. The van der Waals surface area contributed by atoms with Gasteiger partial charge < -0.3 is 4.90 Å². The lowest BCUT2D eigenvalue weighted by molar-refractivity contribution is -0.115. The highest BCUT2D eigenvalue weighted by Gasteiger charge is 2.11. The number of rotatable bonds is 4. The molecule has 0 unspecified atom stereocenters. The maximum atomic E-state index is 11.6. The van der Waals surface area contributed by atoms with E-state index >= 15 is 0 Å². The minimum atomic E-state index is 0.108. The first-order valence-electron chi connectivity index (χ1n) is 4.32. The summed E-state index contributed by atoms with van der Waals surface area (Å²) < 4.78 is 0.487. The summed E-state index contributed by atoms with van der Waals surface area (Å²) in [5, 5.41) is 0. The zero-order valence-electron chi connectivity index (χ0n) is 7.82. The van der Waals surface area contributed by atoms with Crippen molar-refractivity contribution in [2.45, 2.75) is 0 Å². The van der Waals surface area contributed by atoms with Gasteiger partial charge in [0, 0.05) is 12.2 Å². The lowest BCUT2D eigenvalue weighted by Gasteiger charge is -2.19. The van der Waals surface area contributed by atoms with Gasteiger partial charge in [0.05, 0.1) is 4.43 Å². The Hall–Kier alpha value is -0.840. The molecule has 0 radical (unpaired) electrons. The van der Waals surface area contributed by atoms with E-state index in [1.807, 2.05) is 30.3 Å². The Bertz CT molecular complexity index is 310. The van der Waals surface area contributed by atoms with E-state index in [9.17, 15) is 4.79 Å². The summed E-state index contributed by atoms with van der Waals surface area (Å²) in [5.41, 5.74) is 0.925. The fourth-order valence-electron chi connectivity index (χ4n) is 1.16. The molecule has 0 fully saturated rings. The molecule has 0 saturated carbocycles. The van der Waals surface area contributed by atoms with Gasteiger partial charge in [-0.1, -0.05) is 46.9 Å². The molecule has 0 atom stereocenters. The first-order valence-corrected chi connectivity index (χ1v) is 5.84. The predicted octanol–water partition coefficient (Wildman–Crippen LogP) is 2.64. The molecule has 14 heavy (non-hydrogen) atoms. The normalized spacial score (nSPS) is 9.50. The smallest absolute Gasteiger partial charge is 0.237 e. The number of benzene rings is 1. The molecular formula is C11H12INO. The average molecular weight is 301 g/mol. The zero-order valence-corrected chi connectivity index (χ0v) is 9.98. The Kier molecular flexibility index (Phi) is 4.65. The summed E-state index contributed by atoms with van der Waals surface area (Å²) in [6, 6.07) is 9.63. The Morgan fingerprint density at radius 2 is 2.07 bits per heavy atom. The Morgan fingerprint density at radius 1 is 1.43 bits per heavy atom. The summed E-state index contributed by atoms with van der Waals surface area (Å²) in [5.74, 6) is 0.108. The monoisotopic (exact) mass is 301 g/mol. The van der Waals surface area contributed by atoms with E-state index in [1.54, 1.807) is 11.0 Å². The maximum Gasteiger partial charge on any atom is 0.237 e. The van der Waals surface area contributed by atoms with E-state index in [4.69, 9.17) is 0 Å². The third-order valence-electron chi connectivity index (χ3n) is 1.79. The lowest BCUT2D eigenvalue weighted by atomic mass is 10.3. The largest absolute Gasteiger partial charge is 0.308 e. The molecular weight excluding hydrogens is 289 g/mol. The number of nitrogens with zero attached hydrogens (tertiary/aromatic N) is 1. The second kappa shape index (κ2) is 5.80. The molecule has 0 aliphatic heterocycles. The summed E-state index contributed by atoms with van der Waals surface area (Å²) in [6.07, 6.45) is 1.73. The van der Waals surface area contributed by atoms with Crippen LogP contribution in [0.5, 0.6) is 0 Å². The molecule has 0 bridgehead atoms. The highest BCUT2D eigenvalue weighted by atomic mass is 127. The minimum Gasteiger partial charge on any atom is -0.308 e. The van der Waals surface area contributed by atoms with Crippen molar-refractivity contribution < 1.29 is 4.79 Å². The van der Waals surface area contributed by atoms with Crippen LogP contribution in [0, 0.1) is 0 Å². The van der Waals surface area contributed by atoms with Gasteiger partial charge in [-0.05, 0) is 12.1 Å². The first kappa shape index (κ1) is 11.2. The third kappa shape index (κ3) is 2.83. The van der Waals surface area contributed by atoms with E-state index in [0.717, 1.165) is 5.69 Å². The van der Waals surface area contributed by atoms with Crippen molar-refractivity contribution in [2.24, 2.45) is 0 Å². The van der Waals surface area contributed by atoms with Crippen molar-refractivity contribution in [3.8, 4) is 0 Å². The third-order valence-corrected chi connectivity index (χ3v) is 2.45. The van der Waals surface area contributed by atoms with Gasteiger partial charge in [0.1, 0.15) is 0 Å². The summed E-state index contributed by atoms with van der Waals surface area (Å²) in [7, 11) is 0. The van der Waals surface area contributed by atoms with E-state index in [1.165, 1.54) is 0 Å². The Morgan fingerprint density at radius 3 is 2.57 bits per heavy atom. The van der Waals surface area contributed by atoms with Crippen molar-refractivity contribution in [1.29, 1.82) is 0 Å². The molecule has 0 saturated heterocycles. The number of amides is 1. The molecule has 0 N–H and O–H groups in total. The van der Waals surface area contributed by atoms with Gasteiger partial charge in [0.2, 0.25) is 5.91 Å². The quantitative estimate of drug-likeness (QED) is 0.475. The fourth-order valence-corrected chi connectivity index (χ4v) is 1.57. The van der Waals surface area contributed by atoms with Crippen LogP contribution in [0.15, 0.2) is 43.0 Å². The highest BCUT2D eigenvalue weighted by Crippen LogP contribution is 2.13. The molecule has 0 aromatic heterocycles. The minimum absolute atomic E-state index is 0.108. The van der Waals surface area contributed by atoms with E-state index < -0.39 is 0 Å². The van der Waals surface area contributed by atoms with Crippen molar-refractivity contribution in [1.82, 2.24) is 0 Å². The maximum absolute atomic E-state index is 11.6. The SMILES string of the molecule is C=CCN(C(=O)CI)c1ccccc1. The molecule has 1 aromatic carbocycles. The molecule has 0 spiro atoms. The van der Waals surface area contributed by atoms with Crippen LogP contribution in [0.1, 0.15) is 0 Å². The molecule has 1 rings (SSSR count). The van der Waals surface area contributed by atoms with Crippen molar-refractivity contribution in [3.05, 3.63) is 43.0 Å². The fraction of sp³-hybridized carbons (Fsp3) is 0.182. The number of hydrogen-bond acceptors (Lipinski definition) is 1. The van der Waals surface area contributed by atoms with E-state index in [2.05, 4.69) is 29.2 Å². The molecule has 0 aliphatic rings. The average Bonchev–Trinajstić information content (AvgIpc) is 2.26. The number of hydrogen-bond donors (Lipinski definition) is 0. The van der Waals surface area contributed by atoms with Crippen molar-refractivity contribution >= 4 is 34.2 Å². The summed E-state index contributed by atoms with van der Waals surface area (Å²) in [6.45, 7) is 4.21. The standard InChI is InChI=1S/C11H12INO/c1-2-8-13(11(14)9-12)10-6-4-3-5-7-10/h2-7H,1,8-9H2. The van der Waals surface area contributed by atoms with Gasteiger partial charge >= 0.3 is 0 Å². The van der Waals surface area contributed by atoms with Gasteiger partial charge in [0.25, 0.3) is 0 Å². The van der Waals surface area contributed by atoms with Crippen LogP contribution in [-0.2, 0) is 4.79 Å². The van der Waals surface area contributed by atoms with Crippen LogP contribution in [-0.4, -0.2) is 16.9 Å². The Labute approximate surface area is 97.7 Å². The number of carbonyl (C=O) groups is 1. The van der Waals surface area contributed by atoms with Crippen molar-refractivity contribution in [3.63, 3.8) is 0 Å². The lowest BCUT2D eigenvalue weighted by Crippen LogP contribution is -2.31. The molecule has 3 heteroatoms. The van der Waals surface area contributed by atoms with Crippen LogP contribution in [0.25, 0.3) is 0 Å². The first-order chi connectivity index (χ1) is 6.79. The van der Waals surface area contributed by atoms with Gasteiger partial charge in [-0.3, -0.25) is 4.79 Å². The number of alkyl halides is 1. The van der Waals surface area contributed by atoms with E-state index in [-0.39, 0.29) is 5.91 Å². The van der Waals surface area contributed by atoms with Gasteiger partial charge in [-0.15, -0.1) is 6.58 Å². The Balaban J connectivity index is 2.88. The van der Waals surface area contributed by atoms with E-state index in [0.29, 0.717) is 11.0 Å². The molecule has 0 aliphatic carbocycles. The molecule has 1 aromatic rings. The van der Waals surface area contributed by atoms with Crippen LogP contribution in [0.4, 0.5) is 5.69 Å². The van der Waals surface area contributed by atoms with Gasteiger partial charge in [0.15, 0.2) is 0 Å². The zero-order chi connectivity index (χ0) is 10.4. The summed E-state index contributed by atoms with van der Waals surface area (Å²) in [4.78, 5) is 13.3. The van der Waals surface area contributed by atoms with Crippen LogP contribution < -0.4 is 4.90 Å². The molecule has 0 heterocycles. The van der Waals surface area contributed by atoms with Crippen LogP contribution in [0.3, 0.4) is 0 Å². The second-order valence-electron chi connectivity index (χ2n) is 2.76.